The first-order chi connectivity index (χ1) is 18.0. The molecule has 0 bridgehead atoms. The summed E-state index contributed by atoms with van der Waals surface area (Å²) in [6, 6.07) is 16.0. The van der Waals surface area contributed by atoms with E-state index in [2.05, 4.69) is 10.3 Å². The molecule has 2 aromatic carbocycles. The van der Waals surface area contributed by atoms with E-state index in [1.54, 1.807) is 0 Å². The molecule has 1 unspecified atom stereocenters. The molecule has 0 N–H and O–H groups in total. The molecule has 1 aromatic heterocycles. The Hall–Kier alpha value is -2.51. The average Bonchev–Trinajstić information content (AvgIpc) is 3.33. The Morgan fingerprint density at radius 1 is 0.974 bits per heavy atom. The number of rotatable bonds is 12. The minimum Gasteiger partial charge on any atom is -0.542 e. The van der Waals surface area contributed by atoms with Gasteiger partial charge in [-0.25, -0.2) is 4.68 Å². The molecule has 1 radical (unpaired) electrons. The number of unbranched alkanes of at least 4 members (excludes halogenated alkanes) is 3. The molecule has 0 saturated carbocycles. The van der Waals surface area contributed by atoms with Gasteiger partial charge in [-0.2, -0.15) is 6.42 Å². The van der Waals surface area contributed by atoms with Crippen LogP contribution in [0.3, 0.4) is 0 Å². The van der Waals surface area contributed by atoms with Gasteiger partial charge in [-0.05, 0) is 37.3 Å². The van der Waals surface area contributed by atoms with Crippen molar-refractivity contribution in [3.63, 3.8) is 0 Å². The third-order valence-corrected chi connectivity index (χ3v) is 7.21. The molecular formula is C30H35N4O3Y-. The fraction of sp³-hybridized carbons (Fsp3) is 0.433. The summed E-state index contributed by atoms with van der Waals surface area (Å²) in [5.41, 5.74) is 5.43. The first-order valence-corrected chi connectivity index (χ1v) is 13.3. The zero-order chi connectivity index (χ0) is 26.2. The van der Waals surface area contributed by atoms with E-state index in [4.69, 9.17) is 0 Å². The summed E-state index contributed by atoms with van der Waals surface area (Å²) in [5.74, 6) is 0.403. The summed E-state index contributed by atoms with van der Waals surface area (Å²) in [4.78, 5) is 38.3. The Kier molecular flexibility index (Phi) is 11.5. The van der Waals surface area contributed by atoms with Crippen molar-refractivity contribution >= 4 is 23.7 Å². The van der Waals surface area contributed by atoms with Gasteiger partial charge in [0.2, 0.25) is 5.91 Å². The molecule has 7 nitrogen and oxygen atoms in total. The number of aryl methyl sites for hydroxylation is 1. The molecule has 2 heterocycles. The Labute approximate surface area is 250 Å². The predicted molar refractivity (Wildman–Crippen MR) is 145 cm³/mol. The van der Waals surface area contributed by atoms with Crippen molar-refractivity contribution in [1.82, 2.24) is 15.0 Å². The van der Waals surface area contributed by atoms with E-state index in [1.165, 1.54) is 0 Å². The number of aromatic nitrogens is 3. The number of benzene rings is 2. The molecule has 1 aliphatic heterocycles. The van der Waals surface area contributed by atoms with Crippen LogP contribution < -0.4 is 4.90 Å². The molecule has 0 saturated heterocycles. The number of ketones is 1. The summed E-state index contributed by atoms with van der Waals surface area (Å²) in [6.07, 6.45) is 7.04. The molecule has 8 heteroatoms. The van der Waals surface area contributed by atoms with Crippen molar-refractivity contribution in [2.45, 2.75) is 78.3 Å². The zero-order valence-electron chi connectivity index (χ0n) is 22.4. The Morgan fingerprint density at radius 3 is 2.45 bits per heavy atom. The Balaban J connectivity index is 0.00000400. The molecule has 38 heavy (non-hydrogen) atoms. The molecule has 0 spiro atoms. The Morgan fingerprint density at radius 2 is 1.68 bits per heavy atom. The SMILES string of the molecule is CCC(C)C(=O)CCCCC(=O)N1Cc2ccccc2-c2nnn(CCCC[C-]=O)c2-c2ccccc21.[Y]. The van der Waals surface area contributed by atoms with Crippen LogP contribution in [0.2, 0.25) is 0 Å². The van der Waals surface area contributed by atoms with E-state index in [0.29, 0.717) is 38.8 Å². The molecular weight excluding hydrogens is 553 g/mol. The van der Waals surface area contributed by atoms with Crippen LogP contribution >= 0.6 is 0 Å². The number of carbonyl (C=O) groups excluding carboxylic acids is 3. The molecule has 0 fully saturated rings. The Bertz CT molecular complexity index is 1260. The van der Waals surface area contributed by atoms with Crippen LogP contribution in [0.1, 0.15) is 70.8 Å². The van der Waals surface area contributed by atoms with Gasteiger partial charge in [-0.15, -0.1) is 5.10 Å². The number of nitrogens with zero attached hydrogens (tertiary/aromatic N) is 4. The zero-order valence-corrected chi connectivity index (χ0v) is 25.2. The number of fused-ring (bicyclic) bond motifs is 5. The molecule has 197 valence electrons. The average molecular weight is 589 g/mol. The third kappa shape index (κ3) is 6.92. The molecule has 4 rings (SSSR count). The van der Waals surface area contributed by atoms with Gasteiger partial charge in [0.15, 0.2) is 0 Å². The number of carbonyl (C=O) groups is 2. The van der Waals surface area contributed by atoms with Gasteiger partial charge in [0.25, 0.3) is 0 Å². The van der Waals surface area contributed by atoms with Crippen molar-refractivity contribution in [1.29, 1.82) is 0 Å². The summed E-state index contributed by atoms with van der Waals surface area (Å²) in [6.45, 7) is 5.06. The van der Waals surface area contributed by atoms with Gasteiger partial charge in [-0.3, -0.25) is 15.9 Å². The summed E-state index contributed by atoms with van der Waals surface area (Å²) in [5, 5.41) is 9.04. The van der Waals surface area contributed by atoms with Crippen LogP contribution in [0.5, 0.6) is 0 Å². The number of anilines is 1. The van der Waals surface area contributed by atoms with Crippen LogP contribution in [-0.4, -0.2) is 33.0 Å². The van der Waals surface area contributed by atoms with Crippen molar-refractivity contribution in [3.8, 4) is 22.5 Å². The largest absolute Gasteiger partial charge is 0.542 e. The maximum Gasteiger partial charge on any atom is 0.227 e. The van der Waals surface area contributed by atoms with Gasteiger partial charge in [0.1, 0.15) is 11.5 Å². The number of Topliss-reactive ketones (excluding diaryl/α,β-unsaturated/α-hetero) is 1. The van der Waals surface area contributed by atoms with Crippen LogP contribution in [0.15, 0.2) is 48.5 Å². The van der Waals surface area contributed by atoms with E-state index in [-0.39, 0.29) is 50.3 Å². The first kappa shape index (κ1) is 30.0. The van der Waals surface area contributed by atoms with Crippen LogP contribution in [-0.2, 0) is 60.2 Å². The summed E-state index contributed by atoms with van der Waals surface area (Å²) in [7, 11) is 0. The smallest absolute Gasteiger partial charge is 0.227 e. The van der Waals surface area contributed by atoms with Gasteiger partial charge < -0.3 is 9.69 Å². The number of para-hydroxylation sites is 1. The molecule has 1 amide bonds. The third-order valence-electron chi connectivity index (χ3n) is 7.21. The fourth-order valence-corrected chi connectivity index (χ4v) is 4.84. The second kappa shape index (κ2) is 14.6. The summed E-state index contributed by atoms with van der Waals surface area (Å²) < 4.78 is 1.89. The van der Waals surface area contributed by atoms with E-state index in [0.717, 1.165) is 59.4 Å². The van der Waals surface area contributed by atoms with Gasteiger partial charge in [0, 0.05) is 69.1 Å². The van der Waals surface area contributed by atoms with E-state index >= 15 is 0 Å². The molecule has 1 aliphatic rings. The second-order valence-corrected chi connectivity index (χ2v) is 9.75. The minimum atomic E-state index is 0. The number of amides is 1. The quantitative estimate of drug-likeness (QED) is 0.194. The molecule has 0 aliphatic carbocycles. The second-order valence-electron chi connectivity index (χ2n) is 9.75. The normalized spacial score (nSPS) is 12.7. The first-order valence-electron chi connectivity index (χ1n) is 13.3. The predicted octanol–water partition coefficient (Wildman–Crippen LogP) is 5.91. The molecule has 1 atom stereocenters. The maximum atomic E-state index is 13.6. The van der Waals surface area contributed by atoms with E-state index < -0.39 is 0 Å². The van der Waals surface area contributed by atoms with Crippen molar-refractivity contribution in [2.75, 3.05) is 4.90 Å². The van der Waals surface area contributed by atoms with E-state index in [9.17, 15) is 14.4 Å². The number of hydrogen-bond acceptors (Lipinski definition) is 5. The standard InChI is InChI=1S/C30H35N4O3.Y/c1-3-22(2)27(36)17-9-10-18-28(37)33-21-23-13-5-6-14-24(23)29-30(25-15-7-8-16-26(25)33)34(32-31-29)19-11-4-12-20-35;/h5-8,13-16,22H,3-4,9-12,17-19,21H2,1-2H3;/q-1;. The maximum absolute atomic E-state index is 13.6. The molecule has 3 aromatic rings. The topological polar surface area (TPSA) is 85.2 Å². The van der Waals surface area contributed by atoms with Crippen LogP contribution in [0.4, 0.5) is 5.69 Å². The van der Waals surface area contributed by atoms with Crippen LogP contribution in [0, 0.1) is 5.92 Å². The van der Waals surface area contributed by atoms with Crippen molar-refractivity contribution < 1.29 is 47.1 Å². The summed E-state index contributed by atoms with van der Waals surface area (Å²) >= 11 is 0. The van der Waals surface area contributed by atoms with Crippen molar-refractivity contribution in [3.05, 3.63) is 54.1 Å². The monoisotopic (exact) mass is 588 g/mol. The number of hydrogen-bond donors (Lipinski definition) is 0. The fourth-order valence-electron chi connectivity index (χ4n) is 4.84. The van der Waals surface area contributed by atoms with E-state index in [1.807, 2.05) is 78.2 Å². The van der Waals surface area contributed by atoms with Crippen LogP contribution in [0.25, 0.3) is 22.5 Å². The minimum absolute atomic E-state index is 0. The van der Waals surface area contributed by atoms with Gasteiger partial charge >= 0.3 is 0 Å². The van der Waals surface area contributed by atoms with Crippen molar-refractivity contribution in [2.24, 2.45) is 5.92 Å². The van der Waals surface area contributed by atoms with Gasteiger partial charge in [0.05, 0.1) is 17.9 Å². The van der Waals surface area contributed by atoms with Gasteiger partial charge in [-0.1, -0.05) is 67.9 Å².